The molecule has 0 fully saturated rings. The van der Waals surface area contributed by atoms with Gasteiger partial charge in [0.1, 0.15) is 0 Å². The van der Waals surface area contributed by atoms with Crippen molar-refractivity contribution >= 4 is 8.32 Å². The lowest BCUT2D eigenvalue weighted by molar-refractivity contribution is 0.334. The van der Waals surface area contributed by atoms with Crippen LogP contribution in [0.3, 0.4) is 0 Å². The maximum absolute atomic E-state index is 6.02. The Morgan fingerprint density at radius 3 is 2.40 bits per heavy atom. The van der Waals surface area contributed by atoms with Gasteiger partial charge in [-0.15, -0.1) is 6.42 Å². The van der Waals surface area contributed by atoms with E-state index in [9.17, 15) is 0 Å². The molecule has 0 unspecified atom stereocenters. The van der Waals surface area contributed by atoms with Gasteiger partial charge >= 0.3 is 0 Å². The van der Waals surface area contributed by atoms with E-state index in [0.717, 1.165) is 16.7 Å². The normalized spacial score (nSPS) is 11.4. The largest absolute Gasteiger partial charge is 0.406 e. The molecule has 0 N–H and O–H groups in total. The van der Waals surface area contributed by atoms with E-state index in [2.05, 4.69) is 51.6 Å². The van der Waals surface area contributed by atoms with Crippen LogP contribution in [-0.4, -0.2) is 14.9 Å². The number of terminal acetylenes is 1. The monoisotopic (exact) mass is 284 g/mol. The summed E-state index contributed by atoms with van der Waals surface area (Å²) in [5.74, 6) is 8.90. The van der Waals surface area contributed by atoms with Crippen molar-refractivity contribution in [2.75, 3.05) is 6.61 Å². The fourth-order valence-corrected chi connectivity index (χ4v) is 2.34. The average molecular weight is 284 g/mol. The minimum absolute atomic E-state index is 0.222. The minimum atomic E-state index is -1.70. The summed E-state index contributed by atoms with van der Waals surface area (Å²) in [5.41, 5.74) is 3.00. The lowest BCUT2D eigenvalue weighted by Crippen LogP contribution is -2.40. The fraction of sp³-hybridized carbons (Fsp3) is 0.444. The average Bonchev–Trinajstić information content (AvgIpc) is 2.33. The number of hydrogen-bond donors (Lipinski definition) is 0. The van der Waals surface area contributed by atoms with Gasteiger partial charge in [-0.2, -0.15) is 0 Å². The van der Waals surface area contributed by atoms with Crippen LogP contribution in [0, 0.1) is 31.1 Å². The second-order valence-electron chi connectivity index (χ2n) is 6.52. The maximum Gasteiger partial charge on any atom is 0.193 e. The molecule has 1 nitrogen and oxygen atoms in total. The van der Waals surface area contributed by atoms with E-state index in [0.29, 0.717) is 6.61 Å². The zero-order valence-electron chi connectivity index (χ0n) is 13.4. The van der Waals surface area contributed by atoms with Gasteiger partial charge in [-0.1, -0.05) is 38.5 Å². The number of rotatable bonds is 2. The summed E-state index contributed by atoms with van der Waals surface area (Å²) in [4.78, 5) is 0. The van der Waals surface area contributed by atoms with Crippen LogP contribution in [0.1, 0.15) is 37.5 Å². The molecule has 0 aliphatic rings. The summed E-state index contributed by atoms with van der Waals surface area (Å²) < 4.78 is 6.02. The van der Waals surface area contributed by atoms with Crippen molar-refractivity contribution in [3.63, 3.8) is 0 Å². The molecule has 0 amide bonds. The van der Waals surface area contributed by atoms with Gasteiger partial charge in [-0.3, -0.25) is 0 Å². The molecule has 0 radical (unpaired) electrons. The molecule has 0 saturated heterocycles. The van der Waals surface area contributed by atoms with Crippen molar-refractivity contribution in [1.82, 2.24) is 0 Å². The van der Waals surface area contributed by atoms with Crippen LogP contribution >= 0.6 is 0 Å². The Morgan fingerprint density at radius 2 is 1.90 bits per heavy atom. The van der Waals surface area contributed by atoms with Gasteiger partial charge in [0.15, 0.2) is 8.32 Å². The highest BCUT2D eigenvalue weighted by Gasteiger charge is 2.36. The van der Waals surface area contributed by atoms with E-state index in [4.69, 9.17) is 10.8 Å². The maximum atomic E-state index is 6.02. The van der Waals surface area contributed by atoms with Crippen molar-refractivity contribution in [2.24, 2.45) is 0 Å². The summed E-state index contributed by atoms with van der Waals surface area (Å²) >= 11 is 0. The van der Waals surface area contributed by atoms with E-state index in [-0.39, 0.29) is 5.04 Å². The molecule has 0 bridgehead atoms. The van der Waals surface area contributed by atoms with Gasteiger partial charge < -0.3 is 4.43 Å². The van der Waals surface area contributed by atoms with Crippen LogP contribution in [0.4, 0.5) is 0 Å². The van der Waals surface area contributed by atoms with Crippen LogP contribution in [0.5, 0.6) is 0 Å². The summed E-state index contributed by atoms with van der Waals surface area (Å²) in [6.45, 7) is 13.7. The number of benzene rings is 1. The first kappa shape index (κ1) is 16.6. The SMILES string of the molecule is C#Cc1ccc(C#CCO[Si](C)(C)C(C)(C)C)cc1C. The lowest BCUT2D eigenvalue weighted by Gasteiger charge is -2.35. The van der Waals surface area contributed by atoms with E-state index < -0.39 is 8.32 Å². The highest BCUT2D eigenvalue weighted by molar-refractivity contribution is 6.74. The standard InChI is InChI=1S/C18H24OSi/c1-8-17-12-11-16(14-15(17)2)10-9-13-19-20(6,7)18(3,4)5/h1,11-12,14H,13H2,2-7H3. The second-order valence-corrected chi connectivity index (χ2v) is 11.3. The van der Waals surface area contributed by atoms with Crippen molar-refractivity contribution in [3.8, 4) is 24.2 Å². The zero-order chi connectivity index (χ0) is 15.4. The van der Waals surface area contributed by atoms with Gasteiger partial charge in [0.2, 0.25) is 0 Å². The molecule has 106 valence electrons. The van der Waals surface area contributed by atoms with Crippen LogP contribution in [0.25, 0.3) is 0 Å². The predicted octanol–water partition coefficient (Wildman–Crippen LogP) is 4.35. The quantitative estimate of drug-likeness (QED) is 0.579. The van der Waals surface area contributed by atoms with Gasteiger partial charge in [0, 0.05) is 11.1 Å². The first-order valence-corrected chi connectivity index (χ1v) is 9.78. The summed E-state index contributed by atoms with van der Waals surface area (Å²) in [6, 6.07) is 5.92. The molecule has 0 aliphatic carbocycles. The molecular weight excluding hydrogens is 260 g/mol. The Hall–Kier alpha value is -1.48. The van der Waals surface area contributed by atoms with Crippen LogP contribution in [0.15, 0.2) is 18.2 Å². The van der Waals surface area contributed by atoms with Crippen molar-refractivity contribution < 1.29 is 4.43 Å². The van der Waals surface area contributed by atoms with Gasteiger partial charge in [-0.05, 0) is 48.8 Å². The topological polar surface area (TPSA) is 9.23 Å². The third kappa shape index (κ3) is 4.27. The molecule has 0 spiro atoms. The van der Waals surface area contributed by atoms with Gasteiger partial charge in [-0.25, -0.2) is 0 Å². The lowest BCUT2D eigenvalue weighted by atomic mass is 10.1. The van der Waals surface area contributed by atoms with Crippen LogP contribution < -0.4 is 0 Å². The molecule has 1 rings (SSSR count). The Labute approximate surface area is 124 Å². The first-order chi connectivity index (χ1) is 9.17. The van der Waals surface area contributed by atoms with E-state index in [1.165, 1.54) is 0 Å². The van der Waals surface area contributed by atoms with E-state index >= 15 is 0 Å². The second kappa shape index (κ2) is 6.31. The van der Waals surface area contributed by atoms with Crippen molar-refractivity contribution in [3.05, 3.63) is 34.9 Å². The molecule has 0 aromatic heterocycles. The first-order valence-electron chi connectivity index (χ1n) is 6.87. The Kier molecular flexibility index (Phi) is 5.23. The summed E-state index contributed by atoms with van der Waals surface area (Å²) in [7, 11) is -1.70. The minimum Gasteiger partial charge on any atom is -0.406 e. The fourth-order valence-electron chi connectivity index (χ4n) is 1.47. The molecule has 0 aliphatic heterocycles. The number of aryl methyl sites for hydroxylation is 1. The van der Waals surface area contributed by atoms with Crippen molar-refractivity contribution in [2.45, 2.75) is 45.8 Å². The molecule has 20 heavy (non-hydrogen) atoms. The Morgan fingerprint density at radius 1 is 1.25 bits per heavy atom. The molecule has 0 saturated carbocycles. The molecule has 0 atom stereocenters. The smallest absolute Gasteiger partial charge is 0.193 e. The van der Waals surface area contributed by atoms with Crippen molar-refractivity contribution in [1.29, 1.82) is 0 Å². The Balaban J connectivity index is 2.69. The third-order valence-electron chi connectivity index (χ3n) is 3.93. The summed E-state index contributed by atoms with van der Waals surface area (Å²) in [6.07, 6.45) is 5.41. The van der Waals surface area contributed by atoms with Crippen LogP contribution in [0.2, 0.25) is 18.1 Å². The summed E-state index contributed by atoms with van der Waals surface area (Å²) in [5, 5.41) is 0.222. The highest BCUT2D eigenvalue weighted by atomic mass is 28.4. The van der Waals surface area contributed by atoms with E-state index in [1.807, 2.05) is 25.1 Å². The van der Waals surface area contributed by atoms with E-state index in [1.54, 1.807) is 0 Å². The molecule has 2 heteroatoms. The highest BCUT2D eigenvalue weighted by Crippen LogP contribution is 2.36. The number of hydrogen-bond acceptors (Lipinski definition) is 1. The Bertz CT molecular complexity index is 574. The zero-order valence-corrected chi connectivity index (χ0v) is 14.4. The molecule has 1 aromatic carbocycles. The van der Waals surface area contributed by atoms with Crippen LogP contribution in [-0.2, 0) is 4.43 Å². The molecular formula is C18H24OSi. The predicted molar refractivity (Wildman–Crippen MR) is 89.1 cm³/mol. The molecule has 1 aromatic rings. The van der Waals surface area contributed by atoms with Gasteiger partial charge in [0.25, 0.3) is 0 Å². The van der Waals surface area contributed by atoms with Gasteiger partial charge in [0.05, 0.1) is 6.61 Å². The third-order valence-corrected chi connectivity index (χ3v) is 8.40. The molecule has 0 heterocycles.